The molecule has 1 aromatic heterocycles. The molecule has 0 unspecified atom stereocenters. The highest BCUT2D eigenvalue weighted by Crippen LogP contribution is 2.51. The maximum atomic E-state index is 13.4. The van der Waals surface area contributed by atoms with Gasteiger partial charge in [-0.1, -0.05) is 24.3 Å². The Morgan fingerprint density at radius 1 is 1.00 bits per heavy atom. The van der Waals surface area contributed by atoms with E-state index in [1.807, 2.05) is 36.4 Å². The second-order valence-electron chi connectivity index (χ2n) is 10.5. The number of hydrogen-bond donors (Lipinski definition) is 1. The van der Waals surface area contributed by atoms with E-state index < -0.39 is 15.4 Å². The third-order valence-electron chi connectivity index (χ3n) is 7.86. The van der Waals surface area contributed by atoms with Crippen molar-refractivity contribution in [3.63, 3.8) is 0 Å². The average molecular weight is 566 g/mol. The first kappa shape index (κ1) is 26.9. The van der Waals surface area contributed by atoms with E-state index in [-0.39, 0.29) is 25.3 Å². The summed E-state index contributed by atoms with van der Waals surface area (Å²) in [5.74, 6) is 1.53. The first-order valence-electron chi connectivity index (χ1n) is 13.7. The standard InChI is InChI=1S/C30H33N3O6S.H2/c34-29(30(11-12-30)23-7-10-27-28(19-23)39-21-38-27)20-24-3-1-4-26(32-24)22-5-8-25(9-6-22)40(35,36)31-13-2-14-33-15-17-37-18-16-33;/h1,3-10,19,31H,2,11-18,20-21H2;1H. The molecular formula is C30H35N3O6S. The number of ether oxygens (including phenoxy) is 3. The van der Waals surface area contributed by atoms with Crippen LogP contribution in [0.1, 0.15) is 31.9 Å². The van der Waals surface area contributed by atoms with Crippen LogP contribution in [0.5, 0.6) is 11.5 Å². The fourth-order valence-electron chi connectivity index (χ4n) is 5.34. The molecule has 3 aliphatic rings. The highest BCUT2D eigenvalue weighted by atomic mass is 32.2. The molecular weight excluding hydrogens is 530 g/mol. The number of aromatic nitrogens is 1. The number of Topliss-reactive ketones (excluding diaryl/α,β-unsaturated/α-hetero) is 1. The van der Waals surface area contributed by atoms with Gasteiger partial charge in [0.2, 0.25) is 16.8 Å². The van der Waals surface area contributed by atoms with Gasteiger partial charge in [0.05, 0.1) is 29.2 Å². The first-order valence-corrected chi connectivity index (χ1v) is 15.2. The normalized spacial score (nSPS) is 18.0. The largest absolute Gasteiger partial charge is 0.454 e. The third kappa shape index (κ3) is 5.76. The van der Waals surface area contributed by atoms with Crippen LogP contribution in [0.3, 0.4) is 0 Å². The van der Waals surface area contributed by atoms with Crippen LogP contribution in [-0.2, 0) is 31.4 Å². The number of rotatable bonds is 11. The van der Waals surface area contributed by atoms with Gasteiger partial charge in [-0.25, -0.2) is 13.1 Å². The number of pyridine rings is 1. The van der Waals surface area contributed by atoms with E-state index in [0.717, 1.165) is 63.2 Å². The molecule has 2 fully saturated rings. The van der Waals surface area contributed by atoms with Gasteiger partial charge in [-0.15, -0.1) is 0 Å². The van der Waals surface area contributed by atoms with Gasteiger partial charge in [0, 0.05) is 38.7 Å². The molecule has 2 aromatic carbocycles. The summed E-state index contributed by atoms with van der Waals surface area (Å²) in [5, 5.41) is 0. The van der Waals surface area contributed by atoms with Gasteiger partial charge in [-0.2, -0.15) is 0 Å². The van der Waals surface area contributed by atoms with E-state index in [2.05, 4.69) is 9.62 Å². The molecule has 3 aromatic rings. The number of carbonyl (C=O) groups is 1. The highest BCUT2D eigenvalue weighted by Gasteiger charge is 2.51. The number of nitrogens with one attached hydrogen (secondary N) is 1. The molecule has 2 aliphatic heterocycles. The molecule has 9 nitrogen and oxygen atoms in total. The lowest BCUT2D eigenvalue weighted by molar-refractivity contribution is -0.120. The lowest BCUT2D eigenvalue weighted by Gasteiger charge is -2.26. The molecule has 1 N–H and O–H groups in total. The molecule has 0 amide bonds. The van der Waals surface area contributed by atoms with Gasteiger partial charge in [0.15, 0.2) is 11.5 Å². The Kier molecular flexibility index (Phi) is 7.59. The van der Waals surface area contributed by atoms with Crippen molar-refractivity contribution in [1.29, 1.82) is 0 Å². The van der Waals surface area contributed by atoms with Gasteiger partial charge < -0.3 is 14.2 Å². The van der Waals surface area contributed by atoms with Crippen molar-refractivity contribution >= 4 is 15.8 Å². The monoisotopic (exact) mass is 565 g/mol. The summed E-state index contributed by atoms with van der Waals surface area (Å²) in [5.41, 5.74) is 2.64. The maximum Gasteiger partial charge on any atom is 0.240 e. The van der Waals surface area contributed by atoms with Crippen LogP contribution in [-0.4, -0.2) is 70.3 Å². The summed E-state index contributed by atoms with van der Waals surface area (Å²) in [4.78, 5) is 20.6. The number of ketones is 1. The summed E-state index contributed by atoms with van der Waals surface area (Å²) >= 11 is 0. The van der Waals surface area contributed by atoms with Crippen LogP contribution in [0.2, 0.25) is 0 Å². The molecule has 212 valence electrons. The van der Waals surface area contributed by atoms with Gasteiger partial charge >= 0.3 is 0 Å². The molecule has 0 bridgehead atoms. The van der Waals surface area contributed by atoms with Gasteiger partial charge in [0.1, 0.15) is 5.78 Å². The number of hydrogen-bond acceptors (Lipinski definition) is 8. The number of sulfonamides is 1. The summed E-state index contributed by atoms with van der Waals surface area (Å²) in [6, 6.07) is 18.1. The minimum atomic E-state index is -3.60. The average Bonchev–Trinajstić information content (AvgIpc) is 3.67. The van der Waals surface area contributed by atoms with Crippen LogP contribution in [0.4, 0.5) is 0 Å². The number of morpholine rings is 1. The van der Waals surface area contributed by atoms with Crippen LogP contribution in [0, 0.1) is 0 Å². The summed E-state index contributed by atoms with van der Waals surface area (Å²) in [6.07, 6.45) is 2.58. The SMILES string of the molecule is O=C(Cc1cccc(-c2ccc(S(=O)(=O)NCCCN3CCOCC3)cc2)n1)C1(c2ccc3c(c2)OCO3)CC1.[HH]. The molecule has 40 heavy (non-hydrogen) atoms. The molecule has 0 radical (unpaired) electrons. The number of fused-ring (bicyclic) bond motifs is 1. The lowest BCUT2D eigenvalue weighted by atomic mass is 9.88. The van der Waals surface area contributed by atoms with Gasteiger partial charge in [0.25, 0.3) is 0 Å². The molecule has 0 atom stereocenters. The Balaban J connectivity index is 0.00000337. The zero-order valence-corrected chi connectivity index (χ0v) is 23.1. The Morgan fingerprint density at radius 2 is 1.77 bits per heavy atom. The Morgan fingerprint density at radius 3 is 2.55 bits per heavy atom. The van der Waals surface area contributed by atoms with Gasteiger partial charge in [-0.05, 0) is 67.8 Å². The van der Waals surface area contributed by atoms with E-state index in [1.165, 1.54) is 0 Å². The van der Waals surface area contributed by atoms with E-state index in [9.17, 15) is 13.2 Å². The molecule has 1 saturated heterocycles. The van der Waals surface area contributed by atoms with Crippen molar-refractivity contribution in [2.45, 2.75) is 36.0 Å². The maximum absolute atomic E-state index is 13.4. The van der Waals surface area contributed by atoms with Gasteiger partial charge in [-0.3, -0.25) is 14.7 Å². The van der Waals surface area contributed by atoms with E-state index in [4.69, 9.17) is 19.2 Å². The third-order valence-corrected chi connectivity index (χ3v) is 9.34. The van der Waals surface area contributed by atoms with E-state index >= 15 is 0 Å². The number of benzene rings is 2. The van der Waals surface area contributed by atoms with Crippen LogP contribution < -0.4 is 14.2 Å². The summed E-state index contributed by atoms with van der Waals surface area (Å²) in [7, 11) is -3.60. The Bertz CT molecular complexity index is 1490. The predicted molar refractivity (Wildman–Crippen MR) is 151 cm³/mol. The van der Waals surface area contributed by atoms with Crippen molar-refractivity contribution in [2.24, 2.45) is 0 Å². The van der Waals surface area contributed by atoms with E-state index in [0.29, 0.717) is 29.4 Å². The van der Waals surface area contributed by atoms with Crippen molar-refractivity contribution in [2.75, 3.05) is 46.2 Å². The van der Waals surface area contributed by atoms with Crippen molar-refractivity contribution in [1.82, 2.24) is 14.6 Å². The number of carbonyl (C=O) groups excluding carboxylic acids is 1. The minimum Gasteiger partial charge on any atom is -0.454 e. The summed E-state index contributed by atoms with van der Waals surface area (Å²) in [6.45, 7) is 4.66. The molecule has 10 heteroatoms. The second kappa shape index (κ2) is 11.3. The fourth-order valence-corrected chi connectivity index (χ4v) is 6.42. The zero-order chi connectivity index (χ0) is 27.6. The summed E-state index contributed by atoms with van der Waals surface area (Å²) < 4.78 is 44.5. The first-order chi connectivity index (χ1) is 19.4. The molecule has 3 heterocycles. The van der Waals surface area contributed by atoms with Crippen LogP contribution >= 0.6 is 0 Å². The van der Waals surface area contributed by atoms with Crippen molar-refractivity contribution in [3.8, 4) is 22.8 Å². The lowest BCUT2D eigenvalue weighted by Crippen LogP contribution is -2.38. The Labute approximate surface area is 236 Å². The van der Waals surface area contributed by atoms with Crippen LogP contribution in [0.25, 0.3) is 11.3 Å². The fraction of sp³-hybridized carbons (Fsp3) is 0.400. The zero-order valence-electron chi connectivity index (χ0n) is 22.3. The highest BCUT2D eigenvalue weighted by molar-refractivity contribution is 7.89. The molecule has 1 aliphatic carbocycles. The Hall–Kier alpha value is -3.31. The van der Waals surface area contributed by atoms with Crippen LogP contribution in [0.15, 0.2) is 65.6 Å². The number of nitrogens with zero attached hydrogens (tertiary/aromatic N) is 2. The molecule has 6 rings (SSSR count). The van der Waals surface area contributed by atoms with E-state index in [1.54, 1.807) is 24.3 Å². The second-order valence-corrected chi connectivity index (χ2v) is 12.3. The topological polar surface area (TPSA) is 107 Å². The molecule has 1 saturated carbocycles. The smallest absolute Gasteiger partial charge is 0.240 e. The molecule has 0 spiro atoms. The van der Waals surface area contributed by atoms with Crippen molar-refractivity contribution < 1.29 is 28.8 Å². The minimum absolute atomic E-state index is 0. The predicted octanol–water partition coefficient (Wildman–Crippen LogP) is 3.57. The van der Waals surface area contributed by atoms with Crippen molar-refractivity contribution in [3.05, 3.63) is 71.9 Å². The quantitative estimate of drug-likeness (QED) is 0.352.